The van der Waals surface area contributed by atoms with Gasteiger partial charge in [0.1, 0.15) is 6.23 Å². The SMILES string of the molecule is CCCCN(c1ccccc1)C(C)OC1CCCCC1. The van der Waals surface area contributed by atoms with Crippen LogP contribution in [0, 0.1) is 0 Å². The minimum Gasteiger partial charge on any atom is -0.355 e. The van der Waals surface area contributed by atoms with Gasteiger partial charge in [-0.15, -0.1) is 0 Å². The van der Waals surface area contributed by atoms with Crippen LogP contribution in [0.3, 0.4) is 0 Å². The van der Waals surface area contributed by atoms with E-state index >= 15 is 0 Å². The zero-order valence-corrected chi connectivity index (χ0v) is 13.1. The van der Waals surface area contributed by atoms with E-state index in [4.69, 9.17) is 4.74 Å². The van der Waals surface area contributed by atoms with Crippen LogP contribution in [0.5, 0.6) is 0 Å². The average molecular weight is 275 g/mol. The molecule has 112 valence electrons. The predicted molar refractivity (Wildman–Crippen MR) is 86.1 cm³/mol. The number of benzene rings is 1. The Hall–Kier alpha value is -1.02. The predicted octanol–water partition coefficient (Wildman–Crippen LogP) is 4.99. The summed E-state index contributed by atoms with van der Waals surface area (Å²) in [6.07, 6.45) is 9.59. The first kappa shape index (κ1) is 15.4. The van der Waals surface area contributed by atoms with Crippen LogP contribution in [0.15, 0.2) is 30.3 Å². The van der Waals surface area contributed by atoms with Crippen LogP contribution in [0.4, 0.5) is 5.69 Å². The highest BCUT2D eigenvalue weighted by Crippen LogP contribution is 2.24. The van der Waals surface area contributed by atoms with Gasteiger partial charge in [-0.1, -0.05) is 50.8 Å². The molecule has 1 aromatic rings. The molecule has 1 unspecified atom stereocenters. The molecule has 0 radical (unpaired) electrons. The first-order valence-corrected chi connectivity index (χ1v) is 8.28. The number of rotatable bonds is 7. The summed E-state index contributed by atoms with van der Waals surface area (Å²) >= 11 is 0. The minimum atomic E-state index is 0.173. The fraction of sp³-hybridized carbons (Fsp3) is 0.667. The fourth-order valence-electron chi connectivity index (χ4n) is 3.02. The van der Waals surface area contributed by atoms with Gasteiger partial charge in [-0.2, -0.15) is 0 Å². The molecule has 2 heteroatoms. The van der Waals surface area contributed by atoms with Crippen LogP contribution in [0.1, 0.15) is 58.8 Å². The van der Waals surface area contributed by atoms with Crippen molar-refractivity contribution in [3.63, 3.8) is 0 Å². The molecular weight excluding hydrogens is 246 g/mol. The maximum absolute atomic E-state index is 6.33. The molecule has 0 aliphatic heterocycles. The van der Waals surface area contributed by atoms with Crippen molar-refractivity contribution in [3.05, 3.63) is 30.3 Å². The molecule has 1 fully saturated rings. The standard InChI is InChI=1S/C18H29NO/c1-3-4-15-19(17-11-7-5-8-12-17)16(2)20-18-13-9-6-10-14-18/h5,7-8,11-12,16,18H,3-4,6,9-10,13-15H2,1-2H3. The van der Waals surface area contributed by atoms with Gasteiger partial charge >= 0.3 is 0 Å². The Morgan fingerprint density at radius 3 is 2.50 bits per heavy atom. The summed E-state index contributed by atoms with van der Waals surface area (Å²) in [5.74, 6) is 0. The van der Waals surface area contributed by atoms with E-state index in [-0.39, 0.29) is 6.23 Å². The molecular formula is C18H29NO. The molecule has 0 N–H and O–H groups in total. The molecule has 20 heavy (non-hydrogen) atoms. The van der Waals surface area contributed by atoms with Gasteiger partial charge in [0, 0.05) is 12.2 Å². The summed E-state index contributed by atoms with van der Waals surface area (Å²) in [6.45, 7) is 5.53. The Labute approximate surface area is 124 Å². The highest BCUT2D eigenvalue weighted by molar-refractivity contribution is 5.46. The van der Waals surface area contributed by atoms with Gasteiger partial charge in [-0.05, 0) is 38.3 Å². The number of anilines is 1. The van der Waals surface area contributed by atoms with Crippen molar-refractivity contribution >= 4 is 5.69 Å². The Morgan fingerprint density at radius 2 is 1.85 bits per heavy atom. The van der Waals surface area contributed by atoms with Gasteiger partial charge in [0.2, 0.25) is 0 Å². The smallest absolute Gasteiger partial charge is 0.127 e. The van der Waals surface area contributed by atoms with E-state index in [1.54, 1.807) is 0 Å². The summed E-state index contributed by atoms with van der Waals surface area (Å²) in [7, 11) is 0. The third-order valence-corrected chi connectivity index (χ3v) is 4.22. The number of hydrogen-bond acceptors (Lipinski definition) is 2. The molecule has 0 spiro atoms. The molecule has 2 nitrogen and oxygen atoms in total. The van der Waals surface area contributed by atoms with Crippen molar-refractivity contribution in [2.45, 2.75) is 71.1 Å². The Morgan fingerprint density at radius 1 is 1.15 bits per heavy atom. The quantitative estimate of drug-likeness (QED) is 0.650. The second kappa shape index (κ2) is 8.31. The van der Waals surface area contributed by atoms with Crippen molar-refractivity contribution in [1.82, 2.24) is 0 Å². The summed E-state index contributed by atoms with van der Waals surface area (Å²) < 4.78 is 6.33. The number of unbranched alkanes of at least 4 members (excludes halogenated alkanes) is 1. The number of nitrogens with zero attached hydrogens (tertiary/aromatic N) is 1. The second-order valence-corrected chi connectivity index (χ2v) is 5.88. The molecule has 1 aliphatic rings. The first-order chi connectivity index (χ1) is 9.81. The van der Waals surface area contributed by atoms with Crippen molar-refractivity contribution in [3.8, 4) is 0 Å². The maximum atomic E-state index is 6.33. The van der Waals surface area contributed by atoms with Gasteiger partial charge < -0.3 is 9.64 Å². The average Bonchev–Trinajstić information content (AvgIpc) is 2.50. The molecule has 0 bridgehead atoms. The molecule has 0 aromatic heterocycles. The molecule has 1 aromatic carbocycles. The van der Waals surface area contributed by atoms with E-state index in [9.17, 15) is 0 Å². The maximum Gasteiger partial charge on any atom is 0.127 e. The van der Waals surface area contributed by atoms with Gasteiger partial charge in [-0.25, -0.2) is 0 Å². The molecule has 0 saturated heterocycles. The Bertz CT molecular complexity index is 359. The molecule has 0 heterocycles. The third kappa shape index (κ3) is 4.52. The van der Waals surface area contributed by atoms with Crippen LogP contribution in [0.2, 0.25) is 0 Å². The monoisotopic (exact) mass is 275 g/mol. The summed E-state index contributed by atoms with van der Waals surface area (Å²) in [6, 6.07) is 10.7. The molecule has 0 amide bonds. The van der Waals surface area contributed by atoms with Gasteiger partial charge in [0.25, 0.3) is 0 Å². The Kier molecular flexibility index (Phi) is 6.38. The zero-order valence-electron chi connectivity index (χ0n) is 13.1. The van der Waals surface area contributed by atoms with Crippen molar-refractivity contribution < 1.29 is 4.74 Å². The van der Waals surface area contributed by atoms with Crippen LogP contribution in [-0.2, 0) is 4.74 Å². The molecule has 1 aliphatic carbocycles. The van der Waals surface area contributed by atoms with Gasteiger partial charge in [0.15, 0.2) is 0 Å². The van der Waals surface area contributed by atoms with Gasteiger partial charge in [0.05, 0.1) is 6.10 Å². The van der Waals surface area contributed by atoms with Crippen LogP contribution >= 0.6 is 0 Å². The lowest BCUT2D eigenvalue weighted by atomic mass is 9.98. The number of hydrogen-bond donors (Lipinski definition) is 0. The zero-order chi connectivity index (χ0) is 14.2. The van der Waals surface area contributed by atoms with E-state index in [1.165, 1.54) is 50.6 Å². The number of ether oxygens (including phenoxy) is 1. The van der Waals surface area contributed by atoms with E-state index in [1.807, 2.05) is 0 Å². The van der Waals surface area contributed by atoms with E-state index in [0.717, 1.165) is 6.54 Å². The van der Waals surface area contributed by atoms with E-state index < -0.39 is 0 Å². The summed E-state index contributed by atoms with van der Waals surface area (Å²) in [5.41, 5.74) is 1.28. The van der Waals surface area contributed by atoms with Crippen molar-refractivity contribution in [1.29, 1.82) is 0 Å². The fourth-order valence-corrected chi connectivity index (χ4v) is 3.02. The largest absolute Gasteiger partial charge is 0.355 e. The lowest BCUT2D eigenvalue weighted by Gasteiger charge is -2.35. The Balaban J connectivity index is 1.97. The van der Waals surface area contributed by atoms with Crippen molar-refractivity contribution in [2.24, 2.45) is 0 Å². The van der Waals surface area contributed by atoms with Crippen LogP contribution < -0.4 is 4.90 Å². The van der Waals surface area contributed by atoms with Crippen molar-refractivity contribution in [2.75, 3.05) is 11.4 Å². The first-order valence-electron chi connectivity index (χ1n) is 8.28. The number of para-hydroxylation sites is 1. The second-order valence-electron chi connectivity index (χ2n) is 5.88. The van der Waals surface area contributed by atoms with E-state index in [2.05, 4.69) is 49.1 Å². The van der Waals surface area contributed by atoms with Crippen LogP contribution in [-0.4, -0.2) is 18.9 Å². The highest BCUT2D eigenvalue weighted by atomic mass is 16.5. The summed E-state index contributed by atoms with van der Waals surface area (Å²) in [4.78, 5) is 2.41. The highest BCUT2D eigenvalue weighted by Gasteiger charge is 2.21. The topological polar surface area (TPSA) is 12.5 Å². The normalized spacial score (nSPS) is 17.9. The molecule has 1 atom stereocenters. The summed E-state index contributed by atoms with van der Waals surface area (Å²) in [5, 5.41) is 0. The lowest BCUT2D eigenvalue weighted by Crippen LogP contribution is -2.39. The molecule has 1 saturated carbocycles. The van der Waals surface area contributed by atoms with Crippen LogP contribution in [0.25, 0.3) is 0 Å². The van der Waals surface area contributed by atoms with E-state index in [0.29, 0.717) is 6.10 Å². The third-order valence-electron chi connectivity index (χ3n) is 4.22. The lowest BCUT2D eigenvalue weighted by molar-refractivity contribution is -0.0219. The minimum absolute atomic E-state index is 0.173. The van der Waals surface area contributed by atoms with Gasteiger partial charge in [-0.3, -0.25) is 0 Å². The molecule has 2 rings (SSSR count).